The van der Waals surface area contributed by atoms with Gasteiger partial charge in [0.1, 0.15) is 16.7 Å². The number of carbonyl (C=O) groups excluding carboxylic acids is 1. The highest BCUT2D eigenvalue weighted by Crippen LogP contribution is 2.50. The molecule has 3 heterocycles. The summed E-state index contributed by atoms with van der Waals surface area (Å²) in [7, 11) is 2.08. The number of anilines is 1. The zero-order valence-electron chi connectivity index (χ0n) is 33.8. The molecule has 1 amide bonds. The zero-order valence-corrected chi connectivity index (χ0v) is 35.4. The Morgan fingerprint density at radius 1 is 1.11 bits per heavy atom. The number of methoxy groups -OCH3 is 2. The van der Waals surface area contributed by atoms with Gasteiger partial charge in [-0.25, -0.2) is 4.21 Å². The molecule has 3 fully saturated rings. The Balaban J connectivity index is 1.18. The van der Waals surface area contributed by atoms with E-state index in [0.717, 1.165) is 94.1 Å². The van der Waals surface area contributed by atoms with E-state index in [-0.39, 0.29) is 22.2 Å². The molecule has 7 rings (SSSR count). The summed E-state index contributed by atoms with van der Waals surface area (Å²) >= 11 is 6.55. The second-order valence-corrected chi connectivity index (χ2v) is 19.4. The summed E-state index contributed by atoms with van der Waals surface area (Å²) in [4.78, 5) is 21.7. The van der Waals surface area contributed by atoms with Crippen molar-refractivity contribution in [3.63, 3.8) is 0 Å². The largest absolute Gasteiger partial charge is 0.490 e. The topological polar surface area (TPSA) is 83.6 Å². The average molecular weight is 798 g/mol. The van der Waals surface area contributed by atoms with Crippen molar-refractivity contribution in [3.05, 3.63) is 58.1 Å². The molecule has 3 aliphatic heterocycles. The predicted molar refractivity (Wildman–Crippen MR) is 223 cm³/mol. The molecule has 0 aromatic heterocycles. The summed E-state index contributed by atoms with van der Waals surface area (Å²) in [5, 5.41) is 0.556. The van der Waals surface area contributed by atoms with E-state index in [1.54, 1.807) is 7.11 Å². The van der Waals surface area contributed by atoms with E-state index in [1.165, 1.54) is 49.9 Å². The average Bonchev–Trinajstić information content (AvgIpc) is 3.33. The van der Waals surface area contributed by atoms with Gasteiger partial charge in [0.05, 0.1) is 23.1 Å². The van der Waals surface area contributed by atoms with Crippen LogP contribution in [-0.2, 0) is 32.3 Å². The summed E-state index contributed by atoms with van der Waals surface area (Å²) in [5.41, 5.74) is 3.68. The molecule has 0 radical (unpaired) electrons. The molecule has 11 heteroatoms. The van der Waals surface area contributed by atoms with Gasteiger partial charge in [0.25, 0.3) is 5.91 Å². The number of rotatable bonds is 15. The fraction of sp³-hybridized carbons (Fsp3) is 0.705. The maximum Gasteiger partial charge on any atom is 0.263 e. The lowest BCUT2D eigenvalue weighted by molar-refractivity contribution is -0.136. The molecular weight excluding hydrogens is 732 g/mol. The molecular formula is C44H65ClN4O5S. The number of ether oxygens (including phenoxy) is 3. The number of nitrogens with zero attached hydrogens (tertiary/aromatic N) is 3. The van der Waals surface area contributed by atoms with Crippen molar-refractivity contribution >= 4 is 34.2 Å². The number of hydrogen-bond acceptors (Lipinski definition) is 8. The van der Waals surface area contributed by atoms with Crippen LogP contribution in [0.3, 0.4) is 0 Å². The lowest BCUT2D eigenvalue weighted by Crippen LogP contribution is -2.62. The first-order valence-corrected chi connectivity index (χ1v) is 22.8. The second kappa shape index (κ2) is 18.2. The number of piperidine rings is 1. The molecule has 7 atom stereocenters. The van der Waals surface area contributed by atoms with Crippen molar-refractivity contribution < 1.29 is 23.2 Å². The predicted octanol–water partition coefficient (Wildman–Crippen LogP) is 7.40. The van der Waals surface area contributed by atoms with Gasteiger partial charge in [-0.3, -0.25) is 19.3 Å². The number of amides is 1. The quantitative estimate of drug-likeness (QED) is 0.200. The Morgan fingerprint density at radius 3 is 2.76 bits per heavy atom. The van der Waals surface area contributed by atoms with Crippen molar-refractivity contribution in [3.8, 4) is 5.75 Å². The van der Waals surface area contributed by atoms with Crippen LogP contribution in [0, 0.1) is 11.8 Å². The van der Waals surface area contributed by atoms with Gasteiger partial charge in [-0.15, -0.1) is 0 Å². The van der Waals surface area contributed by atoms with Crippen molar-refractivity contribution in [1.29, 1.82) is 0 Å². The molecule has 5 aliphatic rings. The fourth-order valence-electron chi connectivity index (χ4n) is 10.6. The van der Waals surface area contributed by atoms with Crippen molar-refractivity contribution in [2.45, 2.75) is 113 Å². The third-order valence-corrected chi connectivity index (χ3v) is 15.5. The van der Waals surface area contributed by atoms with Gasteiger partial charge < -0.3 is 19.1 Å². The van der Waals surface area contributed by atoms with E-state index < -0.39 is 11.0 Å². The molecule has 1 spiro atoms. The summed E-state index contributed by atoms with van der Waals surface area (Å²) in [6.07, 6.45) is 13.4. The monoisotopic (exact) mass is 796 g/mol. The Labute approximate surface area is 337 Å². The molecule has 2 aromatic rings. The van der Waals surface area contributed by atoms with Crippen LogP contribution in [0.5, 0.6) is 5.75 Å². The molecule has 1 N–H and O–H groups in total. The highest BCUT2D eigenvalue weighted by molar-refractivity contribution is 7.84. The van der Waals surface area contributed by atoms with Crippen molar-refractivity contribution in [2.75, 3.05) is 78.1 Å². The SMILES string of the molecule is CCCC[C@@](CN1CCN2CCCCC2C1)(OC)C1CCC1CN1C[C@@]2(CCCc3cc(Cl)ccc32)COc2ccc(C(=O)NS(=O)C(C)CCOC)cc21. The lowest BCUT2D eigenvalue weighted by atomic mass is 9.62. The summed E-state index contributed by atoms with van der Waals surface area (Å²) in [6.45, 7) is 12.6. The maximum absolute atomic E-state index is 13.7. The zero-order chi connectivity index (χ0) is 38.6. The van der Waals surface area contributed by atoms with Gasteiger partial charge in [-0.2, -0.15) is 0 Å². The van der Waals surface area contributed by atoms with E-state index in [4.69, 9.17) is 25.8 Å². The molecule has 2 aliphatic carbocycles. The number of unbranched alkanes of at least 4 members (excludes halogenated alkanes) is 1. The Hall–Kier alpha value is -2.21. The third kappa shape index (κ3) is 8.95. The van der Waals surface area contributed by atoms with E-state index in [2.05, 4.69) is 38.5 Å². The normalized spacial score (nSPS) is 27.7. The van der Waals surface area contributed by atoms with E-state index in [9.17, 15) is 9.00 Å². The standard InChI is InChI=1S/C44H65ClN4O5S/c1-5-6-20-44(53-4,30-47-22-23-48-21-8-7-11-37(48)28-47)39-15-12-35(39)27-49-29-43(19-9-10-33-25-36(45)14-16-38(33)43)31-54-41-17-13-34(26-40(41)49)42(50)46-55(51)32(2)18-24-52-3/h13-14,16-17,25-26,32,35,37,39H,5-12,15,18-24,27-31H2,1-4H3,(H,46,50)/t32?,35?,37?,39?,43-,44-,55?/m0/s1. The highest BCUT2D eigenvalue weighted by Gasteiger charge is 2.51. The van der Waals surface area contributed by atoms with Crippen LogP contribution in [0.1, 0.15) is 106 Å². The van der Waals surface area contributed by atoms with Gasteiger partial charge in [0, 0.05) is 82.1 Å². The van der Waals surface area contributed by atoms with Crippen LogP contribution in [-0.4, -0.2) is 110 Å². The smallest absolute Gasteiger partial charge is 0.263 e. The third-order valence-electron chi connectivity index (χ3n) is 13.9. The highest BCUT2D eigenvalue weighted by atomic mass is 35.5. The second-order valence-electron chi connectivity index (χ2n) is 17.3. The molecule has 9 nitrogen and oxygen atoms in total. The Kier molecular flexibility index (Phi) is 13.5. The van der Waals surface area contributed by atoms with Gasteiger partial charge in [0.15, 0.2) is 0 Å². The summed E-state index contributed by atoms with van der Waals surface area (Å²) in [5.74, 6) is 1.35. The van der Waals surface area contributed by atoms with Crippen LogP contribution in [0.15, 0.2) is 36.4 Å². The minimum absolute atomic E-state index is 0.196. The first-order valence-electron chi connectivity index (χ1n) is 21.2. The first-order chi connectivity index (χ1) is 26.7. The minimum atomic E-state index is -1.53. The molecule has 55 heavy (non-hydrogen) atoms. The van der Waals surface area contributed by atoms with Crippen LogP contribution in [0.2, 0.25) is 5.02 Å². The summed E-state index contributed by atoms with van der Waals surface area (Å²) in [6, 6.07) is 12.8. The van der Waals surface area contributed by atoms with Gasteiger partial charge >= 0.3 is 0 Å². The van der Waals surface area contributed by atoms with Crippen molar-refractivity contribution in [1.82, 2.24) is 14.5 Å². The molecule has 0 bridgehead atoms. The van der Waals surface area contributed by atoms with E-state index in [0.29, 0.717) is 43.1 Å². The van der Waals surface area contributed by atoms with Gasteiger partial charge in [-0.05, 0) is 125 Å². The fourth-order valence-corrected chi connectivity index (χ4v) is 11.6. The number of hydrogen-bond donors (Lipinski definition) is 1. The Bertz CT molecular complexity index is 1660. The van der Waals surface area contributed by atoms with Crippen LogP contribution >= 0.6 is 11.6 Å². The number of nitrogens with one attached hydrogen (secondary N) is 1. The molecule has 2 saturated heterocycles. The molecule has 2 aromatic carbocycles. The molecule has 304 valence electrons. The number of benzene rings is 2. The molecule has 1 saturated carbocycles. The van der Waals surface area contributed by atoms with Crippen LogP contribution < -0.4 is 14.4 Å². The Morgan fingerprint density at radius 2 is 1.98 bits per heavy atom. The van der Waals surface area contributed by atoms with Gasteiger partial charge in [-0.1, -0.05) is 43.9 Å². The number of halogens is 1. The lowest BCUT2D eigenvalue weighted by Gasteiger charge is -2.54. The summed E-state index contributed by atoms with van der Waals surface area (Å²) < 4.78 is 34.6. The van der Waals surface area contributed by atoms with E-state index >= 15 is 0 Å². The number of piperazine rings is 1. The number of fused-ring (bicyclic) bond motifs is 4. The van der Waals surface area contributed by atoms with Crippen molar-refractivity contribution in [2.24, 2.45) is 11.8 Å². The first kappa shape index (κ1) is 41.0. The molecule has 5 unspecified atom stereocenters. The van der Waals surface area contributed by atoms with E-state index in [1.807, 2.05) is 38.3 Å². The van der Waals surface area contributed by atoms with Gasteiger partial charge in [0.2, 0.25) is 0 Å². The number of carbonyl (C=O) groups is 1. The minimum Gasteiger partial charge on any atom is -0.490 e. The maximum atomic E-state index is 13.7. The van der Waals surface area contributed by atoms with Crippen LogP contribution in [0.4, 0.5) is 5.69 Å². The number of aryl methyl sites for hydroxylation is 1. The van der Waals surface area contributed by atoms with Crippen LogP contribution in [0.25, 0.3) is 0 Å².